The van der Waals surface area contributed by atoms with Crippen LogP contribution in [0.25, 0.3) is 0 Å². The Bertz CT molecular complexity index is 558. The minimum Gasteiger partial charge on any atom is -0.465 e. The monoisotopic (exact) mass is 621 g/mol. The van der Waals surface area contributed by atoms with E-state index in [1.54, 1.807) is 0 Å². The summed E-state index contributed by atoms with van der Waals surface area (Å²) in [5.74, 6) is 0.115. The van der Waals surface area contributed by atoms with Gasteiger partial charge in [-0.2, -0.15) is 0 Å². The van der Waals surface area contributed by atoms with E-state index < -0.39 is 0 Å². The van der Waals surface area contributed by atoms with Crippen molar-refractivity contribution in [2.24, 2.45) is 5.41 Å². The quantitative estimate of drug-likeness (QED) is 0.0510. The number of unbranched alkanes of at least 4 members (excludes halogenated alkanes) is 29. The fourth-order valence-corrected chi connectivity index (χ4v) is 6.97. The van der Waals surface area contributed by atoms with Gasteiger partial charge in [0, 0.05) is 0 Å². The van der Waals surface area contributed by atoms with E-state index >= 15 is 0 Å². The highest BCUT2D eigenvalue weighted by molar-refractivity contribution is 5.76. The number of ether oxygens (including phenoxy) is 1. The lowest BCUT2D eigenvalue weighted by Crippen LogP contribution is -2.33. The third-order valence-corrected chi connectivity index (χ3v) is 10.4. The van der Waals surface area contributed by atoms with Crippen molar-refractivity contribution in [2.75, 3.05) is 6.61 Å². The van der Waals surface area contributed by atoms with Crippen LogP contribution in [0.3, 0.4) is 0 Å². The van der Waals surface area contributed by atoms with Gasteiger partial charge in [0.05, 0.1) is 12.0 Å². The first-order valence-corrected chi connectivity index (χ1v) is 20.8. The van der Waals surface area contributed by atoms with Gasteiger partial charge in [-0.15, -0.1) is 0 Å². The molecule has 0 saturated carbocycles. The van der Waals surface area contributed by atoms with Gasteiger partial charge in [0.25, 0.3) is 0 Å². The van der Waals surface area contributed by atoms with Crippen LogP contribution in [0.15, 0.2) is 0 Å². The van der Waals surface area contributed by atoms with Gasteiger partial charge in [-0.25, -0.2) is 0 Å². The van der Waals surface area contributed by atoms with E-state index in [2.05, 4.69) is 27.7 Å². The first-order valence-electron chi connectivity index (χ1n) is 20.8. The molecule has 2 nitrogen and oxygen atoms in total. The molecule has 0 bridgehead atoms. The molecule has 0 N–H and O–H groups in total. The molecule has 0 spiro atoms. The average molecular weight is 621 g/mol. The van der Waals surface area contributed by atoms with Crippen molar-refractivity contribution in [3.63, 3.8) is 0 Å². The molecule has 0 heterocycles. The van der Waals surface area contributed by atoms with Crippen molar-refractivity contribution in [3.05, 3.63) is 0 Å². The summed E-state index contributed by atoms with van der Waals surface area (Å²) in [6, 6.07) is 0. The molecule has 0 aliphatic carbocycles. The molecule has 0 rings (SSSR count). The lowest BCUT2D eigenvalue weighted by atomic mass is 9.76. The van der Waals surface area contributed by atoms with E-state index in [1.807, 2.05) is 0 Å². The molecule has 0 aliphatic heterocycles. The fraction of sp³-hybridized carbons (Fsp3) is 0.976. The van der Waals surface area contributed by atoms with Crippen molar-refractivity contribution in [1.29, 1.82) is 0 Å². The lowest BCUT2D eigenvalue weighted by molar-refractivity contribution is -0.157. The van der Waals surface area contributed by atoms with Crippen molar-refractivity contribution < 1.29 is 9.53 Å². The molecule has 0 saturated heterocycles. The Morgan fingerprint density at radius 1 is 0.364 bits per heavy atom. The van der Waals surface area contributed by atoms with Crippen LogP contribution in [0, 0.1) is 5.41 Å². The number of carbonyl (C=O) groups is 1. The van der Waals surface area contributed by atoms with Crippen LogP contribution in [0.2, 0.25) is 0 Å². The smallest absolute Gasteiger partial charge is 0.312 e. The minimum atomic E-state index is -0.234. The maximum Gasteiger partial charge on any atom is 0.312 e. The zero-order valence-electron chi connectivity index (χ0n) is 31.3. The molecule has 0 aromatic carbocycles. The normalized spacial score (nSPS) is 12.9. The van der Waals surface area contributed by atoms with Crippen LogP contribution in [-0.2, 0) is 9.53 Å². The molecule has 0 fully saturated rings. The lowest BCUT2D eigenvalue weighted by Gasteiger charge is -2.30. The maximum atomic E-state index is 13.3. The number of hydrogen-bond acceptors (Lipinski definition) is 2. The van der Waals surface area contributed by atoms with Crippen LogP contribution >= 0.6 is 0 Å². The maximum absolute atomic E-state index is 13.3. The van der Waals surface area contributed by atoms with Crippen LogP contribution in [0.4, 0.5) is 0 Å². The van der Waals surface area contributed by atoms with Crippen molar-refractivity contribution >= 4 is 5.97 Å². The Morgan fingerprint density at radius 2 is 0.636 bits per heavy atom. The summed E-state index contributed by atoms with van der Waals surface area (Å²) in [6.07, 6.45) is 46.6. The molecular weight excluding hydrogens is 536 g/mol. The van der Waals surface area contributed by atoms with Crippen LogP contribution in [0.1, 0.15) is 252 Å². The SMILES string of the molecule is CCCCCCCCCCCCCCCCCCC(CC)(CCCC)C(=O)OCCCCCCCCCCCCCCCC. The van der Waals surface area contributed by atoms with Gasteiger partial charge in [-0.1, -0.05) is 227 Å². The molecule has 2 heteroatoms. The van der Waals surface area contributed by atoms with Crippen LogP contribution in [0.5, 0.6) is 0 Å². The summed E-state index contributed by atoms with van der Waals surface area (Å²) in [7, 11) is 0. The highest BCUT2D eigenvalue weighted by Crippen LogP contribution is 2.36. The topological polar surface area (TPSA) is 26.3 Å². The third-order valence-electron chi connectivity index (χ3n) is 10.4. The highest BCUT2D eigenvalue weighted by Gasteiger charge is 2.36. The van der Waals surface area contributed by atoms with E-state index in [0.717, 1.165) is 38.5 Å². The first kappa shape index (κ1) is 43.5. The van der Waals surface area contributed by atoms with E-state index in [0.29, 0.717) is 6.61 Å². The number of rotatable bonds is 37. The van der Waals surface area contributed by atoms with Gasteiger partial charge in [0.1, 0.15) is 0 Å². The molecule has 0 amide bonds. The summed E-state index contributed by atoms with van der Waals surface area (Å²) in [4.78, 5) is 13.3. The Kier molecular flexibility index (Phi) is 34.9. The van der Waals surface area contributed by atoms with E-state index in [4.69, 9.17) is 4.74 Å². The molecule has 0 radical (unpaired) electrons. The van der Waals surface area contributed by atoms with Gasteiger partial charge in [-0.05, 0) is 25.7 Å². The second-order valence-electron chi connectivity index (χ2n) is 14.5. The molecular formula is C42H84O2. The first-order chi connectivity index (χ1) is 21.7. The number of esters is 1. The third kappa shape index (κ3) is 27.8. The fourth-order valence-electron chi connectivity index (χ4n) is 6.97. The molecule has 1 atom stereocenters. The summed E-state index contributed by atoms with van der Waals surface area (Å²) >= 11 is 0. The second kappa shape index (κ2) is 35.3. The van der Waals surface area contributed by atoms with Gasteiger partial charge in [0.15, 0.2) is 0 Å². The van der Waals surface area contributed by atoms with Gasteiger partial charge in [0.2, 0.25) is 0 Å². The zero-order chi connectivity index (χ0) is 32.2. The summed E-state index contributed by atoms with van der Waals surface area (Å²) in [5, 5.41) is 0. The minimum absolute atomic E-state index is 0.115. The predicted octanol–water partition coefficient (Wildman–Crippen LogP) is 15.2. The Morgan fingerprint density at radius 3 is 0.955 bits per heavy atom. The van der Waals surface area contributed by atoms with Crippen LogP contribution in [-0.4, -0.2) is 12.6 Å². The molecule has 264 valence electrons. The molecule has 44 heavy (non-hydrogen) atoms. The van der Waals surface area contributed by atoms with Gasteiger partial charge >= 0.3 is 5.97 Å². The molecule has 0 aliphatic rings. The standard InChI is InChI=1S/C42H84O2/c1-5-9-12-14-16-18-20-22-24-25-26-28-30-32-34-36-39-42(8-4,38-11-7-3)41(43)44-40-37-35-33-31-29-27-23-21-19-17-15-13-10-6-2/h5-40H2,1-4H3. The zero-order valence-corrected chi connectivity index (χ0v) is 31.3. The summed E-state index contributed by atoms with van der Waals surface area (Å²) in [5.41, 5.74) is -0.234. The number of carbonyl (C=O) groups excluding carboxylic acids is 1. The number of hydrogen-bond donors (Lipinski definition) is 0. The predicted molar refractivity (Wildman–Crippen MR) is 198 cm³/mol. The van der Waals surface area contributed by atoms with Crippen molar-refractivity contribution in [1.82, 2.24) is 0 Å². The molecule has 1 unspecified atom stereocenters. The van der Waals surface area contributed by atoms with Crippen LogP contribution < -0.4 is 0 Å². The van der Waals surface area contributed by atoms with E-state index in [-0.39, 0.29) is 11.4 Å². The molecule has 0 aromatic heterocycles. The Labute approximate surface area is 279 Å². The second-order valence-corrected chi connectivity index (χ2v) is 14.5. The Balaban J connectivity index is 3.86. The summed E-state index contributed by atoms with van der Waals surface area (Å²) < 4.78 is 5.94. The van der Waals surface area contributed by atoms with Gasteiger partial charge in [-0.3, -0.25) is 4.79 Å². The van der Waals surface area contributed by atoms with E-state index in [1.165, 1.54) is 186 Å². The Hall–Kier alpha value is -0.530. The largest absolute Gasteiger partial charge is 0.465 e. The molecule has 0 aromatic rings. The van der Waals surface area contributed by atoms with Gasteiger partial charge < -0.3 is 4.74 Å². The van der Waals surface area contributed by atoms with E-state index in [9.17, 15) is 4.79 Å². The average Bonchev–Trinajstić information content (AvgIpc) is 3.04. The van der Waals surface area contributed by atoms with Crippen molar-refractivity contribution in [2.45, 2.75) is 252 Å². The summed E-state index contributed by atoms with van der Waals surface area (Å²) in [6.45, 7) is 9.68. The highest BCUT2D eigenvalue weighted by atomic mass is 16.5. The van der Waals surface area contributed by atoms with Crippen molar-refractivity contribution in [3.8, 4) is 0 Å².